The van der Waals surface area contributed by atoms with Crippen molar-refractivity contribution in [1.29, 1.82) is 0 Å². The predicted molar refractivity (Wildman–Crippen MR) is 77.5 cm³/mol. The van der Waals surface area contributed by atoms with Crippen molar-refractivity contribution in [1.82, 2.24) is 5.43 Å². The summed E-state index contributed by atoms with van der Waals surface area (Å²) in [7, 11) is 0. The lowest BCUT2D eigenvalue weighted by Crippen LogP contribution is -2.37. The molecule has 3 N–H and O–H groups in total. The molecule has 1 aliphatic rings. The quantitative estimate of drug-likeness (QED) is 0.649. The molecular weight excluding hydrogens is 277 g/mol. The van der Waals surface area contributed by atoms with Crippen LogP contribution in [0.3, 0.4) is 0 Å². The van der Waals surface area contributed by atoms with Crippen molar-refractivity contribution < 1.29 is 13.2 Å². The Morgan fingerprint density at radius 2 is 1.57 bits per heavy atom. The number of halogens is 3. The molecule has 0 aliphatic heterocycles. The van der Waals surface area contributed by atoms with Crippen molar-refractivity contribution >= 4 is 0 Å². The summed E-state index contributed by atoms with van der Waals surface area (Å²) in [6, 6.07) is 6.14. The van der Waals surface area contributed by atoms with Gasteiger partial charge in [-0.05, 0) is 51.0 Å². The van der Waals surface area contributed by atoms with Crippen LogP contribution in [0.25, 0.3) is 0 Å². The van der Waals surface area contributed by atoms with Gasteiger partial charge in [-0.3, -0.25) is 11.3 Å². The molecule has 5 heteroatoms. The number of hydrazine groups is 1. The Labute approximate surface area is 123 Å². The topological polar surface area (TPSA) is 38.0 Å². The number of aryl methyl sites for hydroxylation is 2. The lowest BCUT2D eigenvalue weighted by molar-refractivity contribution is -0.184. The van der Waals surface area contributed by atoms with Gasteiger partial charge in [0.25, 0.3) is 0 Å². The summed E-state index contributed by atoms with van der Waals surface area (Å²) in [5.74, 6) is 4.70. The van der Waals surface area contributed by atoms with Crippen LogP contribution in [0.4, 0.5) is 13.2 Å². The molecule has 0 aromatic heterocycles. The zero-order chi connectivity index (χ0) is 15.6. The number of hydrogen-bond donors (Lipinski definition) is 2. The van der Waals surface area contributed by atoms with Crippen molar-refractivity contribution in [2.45, 2.75) is 51.7 Å². The van der Waals surface area contributed by atoms with Gasteiger partial charge in [-0.1, -0.05) is 29.3 Å². The van der Waals surface area contributed by atoms with E-state index in [1.807, 2.05) is 13.8 Å². The number of benzene rings is 1. The van der Waals surface area contributed by atoms with Gasteiger partial charge < -0.3 is 0 Å². The Kier molecular flexibility index (Phi) is 4.94. The summed E-state index contributed by atoms with van der Waals surface area (Å²) in [6.45, 7) is 4.04. The van der Waals surface area contributed by atoms with Crippen LogP contribution in [0.15, 0.2) is 18.2 Å². The van der Waals surface area contributed by atoms with Crippen molar-refractivity contribution in [3.63, 3.8) is 0 Å². The number of alkyl halides is 3. The Morgan fingerprint density at radius 1 is 1.05 bits per heavy atom. The van der Waals surface area contributed by atoms with Crippen molar-refractivity contribution in [2.24, 2.45) is 17.7 Å². The molecule has 0 spiro atoms. The molecule has 1 saturated carbocycles. The third-order valence-corrected chi connectivity index (χ3v) is 4.49. The summed E-state index contributed by atoms with van der Waals surface area (Å²) in [5.41, 5.74) is 6.18. The summed E-state index contributed by atoms with van der Waals surface area (Å²) in [6.07, 6.45) is -2.52. The molecule has 0 amide bonds. The summed E-state index contributed by atoms with van der Waals surface area (Å²) < 4.78 is 38.2. The van der Waals surface area contributed by atoms with E-state index in [2.05, 4.69) is 23.6 Å². The van der Waals surface area contributed by atoms with Crippen molar-refractivity contribution in [3.8, 4) is 0 Å². The fourth-order valence-corrected chi connectivity index (χ4v) is 3.47. The van der Waals surface area contributed by atoms with E-state index in [1.54, 1.807) is 0 Å². The lowest BCUT2D eigenvalue weighted by atomic mass is 9.76. The van der Waals surface area contributed by atoms with Crippen LogP contribution in [-0.2, 0) is 0 Å². The monoisotopic (exact) mass is 300 g/mol. The predicted octanol–water partition coefficient (Wildman–Crippen LogP) is 4.18. The maximum Gasteiger partial charge on any atom is 0.391 e. The van der Waals surface area contributed by atoms with E-state index in [1.165, 1.54) is 0 Å². The molecule has 21 heavy (non-hydrogen) atoms. The normalized spacial score (nSPS) is 24.9. The standard InChI is InChI=1S/C16H23F3N2/c1-10-7-11(2)9-13(8-10)15(21-20)12-3-5-14(6-4-12)16(17,18)19/h7-9,12,14-15,21H,3-6,20H2,1-2H3. The molecular formula is C16H23F3N2. The first kappa shape index (κ1) is 16.3. The van der Waals surface area contributed by atoms with Crippen LogP contribution >= 0.6 is 0 Å². The molecule has 0 saturated heterocycles. The highest BCUT2D eigenvalue weighted by Crippen LogP contribution is 2.43. The average Bonchev–Trinajstić information content (AvgIpc) is 2.38. The van der Waals surface area contributed by atoms with Gasteiger partial charge in [0.1, 0.15) is 0 Å². The molecule has 1 unspecified atom stereocenters. The van der Waals surface area contributed by atoms with Crippen LogP contribution in [0.1, 0.15) is 48.4 Å². The Hall–Kier alpha value is -1.07. The highest BCUT2D eigenvalue weighted by molar-refractivity contribution is 5.31. The van der Waals surface area contributed by atoms with Gasteiger partial charge in [0.05, 0.1) is 5.92 Å². The fraction of sp³-hybridized carbons (Fsp3) is 0.625. The van der Waals surface area contributed by atoms with E-state index in [4.69, 9.17) is 5.84 Å². The smallest absolute Gasteiger partial charge is 0.271 e. The third kappa shape index (κ3) is 3.98. The highest BCUT2D eigenvalue weighted by atomic mass is 19.4. The molecule has 2 nitrogen and oxygen atoms in total. The molecule has 0 radical (unpaired) electrons. The average molecular weight is 300 g/mol. The largest absolute Gasteiger partial charge is 0.391 e. The Balaban J connectivity index is 2.09. The zero-order valence-electron chi connectivity index (χ0n) is 12.5. The molecule has 1 aromatic rings. The SMILES string of the molecule is Cc1cc(C)cc(C(NN)C2CCC(C(F)(F)F)CC2)c1. The fourth-order valence-electron chi connectivity index (χ4n) is 3.47. The maximum atomic E-state index is 12.7. The van der Waals surface area contributed by atoms with Gasteiger partial charge in [0.15, 0.2) is 0 Å². The summed E-state index contributed by atoms with van der Waals surface area (Å²) in [5, 5.41) is 0. The second kappa shape index (κ2) is 6.36. The van der Waals surface area contributed by atoms with Gasteiger partial charge in [-0.2, -0.15) is 13.2 Å². The van der Waals surface area contributed by atoms with Gasteiger partial charge in [-0.25, -0.2) is 0 Å². The molecule has 1 aliphatic carbocycles. The van der Waals surface area contributed by atoms with Crippen molar-refractivity contribution in [3.05, 3.63) is 34.9 Å². The number of nitrogens with one attached hydrogen (secondary N) is 1. The first-order chi connectivity index (χ1) is 9.81. The second-order valence-electron chi connectivity index (χ2n) is 6.22. The van der Waals surface area contributed by atoms with E-state index in [0.29, 0.717) is 12.8 Å². The second-order valence-corrected chi connectivity index (χ2v) is 6.22. The first-order valence-electron chi connectivity index (χ1n) is 7.42. The van der Waals surface area contributed by atoms with Crippen LogP contribution < -0.4 is 11.3 Å². The lowest BCUT2D eigenvalue weighted by Gasteiger charge is -2.34. The zero-order valence-corrected chi connectivity index (χ0v) is 12.5. The van der Waals surface area contributed by atoms with Crippen LogP contribution in [0, 0.1) is 25.7 Å². The molecule has 2 rings (SSSR count). The van der Waals surface area contributed by atoms with Gasteiger partial charge in [0.2, 0.25) is 0 Å². The molecule has 118 valence electrons. The van der Waals surface area contributed by atoms with E-state index in [9.17, 15) is 13.2 Å². The van der Waals surface area contributed by atoms with E-state index >= 15 is 0 Å². The minimum Gasteiger partial charge on any atom is -0.271 e. The maximum absolute atomic E-state index is 12.7. The number of rotatable bonds is 3. The summed E-state index contributed by atoms with van der Waals surface area (Å²) in [4.78, 5) is 0. The molecule has 0 heterocycles. The van der Waals surface area contributed by atoms with E-state index < -0.39 is 12.1 Å². The molecule has 0 bridgehead atoms. The van der Waals surface area contributed by atoms with Crippen molar-refractivity contribution in [2.75, 3.05) is 0 Å². The Morgan fingerprint density at radius 3 is 2.00 bits per heavy atom. The van der Waals surface area contributed by atoms with Crippen LogP contribution in [0.5, 0.6) is 0 Å². The van der Waals surface area contributed by atoms with Crippen LogP contribution in [0.2, 0.25) is 0 Å². The number of nitrogens with two attached hydrogens (primary N) is 1. The van der Waals surface area contributed by atoms with Gasteiger partial charge in [0, 0.05) is 6.04 Å². The molecule has 1 fully saturated rings. The van der Waals surface area contributed by atoms with E-state index in [-0.39, 0.29) is 24.8 Å². The highest BCUT2D eigenvalue weighted by Gasteiger charge is 2.42. The summed E-state index contributed by atoms with van der Waals surface area (Å²) >= 11 is 0. The number of hydrogen-bond acceptors (Lipinski definition) is 2. The van der Waals surface area contributed by atoms with E-state index in [0.717, 1.165) is 16.7 Å². The minimum atomic E-state index is -4.06. The molecule has 1 aromatic carbocycles. The minimum absolute atomic E-state index is 0.0715. The molecule has 1 atom stereocenters. The first-order valence-corrected chi connectivity index (χ1v) is 7.42. The van der Waals surface area contributed by atoms with Crippen LogP contribution in [-0.4, -0.2) is 6.18 Å². The van der Waals surface area contributed by atoms with Gasteiger partial charge in [-0.15, -0.1) is 0 Å². The van der Waals surface area contributed by atoms with Gasteiger partial charge >= 0.3 is 6.18 Å². The Bertz CT molecular complexity index is 457. The third-order valence-electron chi connectivity index (χ3n) is 4.49.